The van der Waals surface area contributed by atoms with Crippen molar-refractivity contribution in [2.24, 2.45) is 0 Å². The second-order valence-corrected chi connectivity index (χ2v) is 4.89. The summed E-state index contributed by atoms with van der Waals surface area (Å²) in [6.45, 7) is 1.46. The standard InChI is InChI=1S/C18H18O5/c1-12-9-16(21-2)17(22-3)10-14(12)15(19)11-23-18(20)13-7-5-4-6-8-13/h4-10H,11H2,1-3H3. The second kappa shape index (κ2) is 7.45. The molecule has 0 heterocycles. The molecule has 23 heavy (non-hydrogen) atoms. The Labute approximate surface area is 134 Å². The molecule has 2 rings (SSSR count). The van der Waals surface area contributed by atoms with Crippen molar-refractivity contribution in [3.8, 4) is 11.5 Å². The maximum Gasteiger partial charge on any atom is 0.338 e. The van der Waals surface area contributed by atoms with E-state index in [1.54, 1.807) is 49.4 Å². The maximum absolute atomic E-state index is 12.3. The summed E-state index contributed by atoms with van der Waals surface area (Å²) in [6.07, 6.45) is 0. The van der Waals surface area contributed by atoms with E-state index >= 15 is 0 Å². The second-order valence-electron chi connectivity index (χ2n) is 4.89. The molecule has 5 nitrogen and oxygen atoms in total. The molecular formula is C18H18O5. The van der Waals surface area contributed by atoms with Crippen LogP contribution in [0.1, 0.15) is 26.3 Å². The van der Waals surface area contributed by atoms with Crippen LogP contribution < -0.4 is 9.47 Å². The molecule has 0 saturated carbocycles. The molecule has 0 amide bonds. The molecular weight excluding hydrogens is 296 g/mol. The van der Waals surface area contributed by atoms with Crippen molar-refractivity contribution >= 4 is 11.8 Å². The van der Waals surface area contributed by atoms with Gasteiger partial charge in [-0.2, -0.15) is 0 Å². The Morgan fingerprint density at radius 1 is 0.957 bits per heavy atom. The lowest BCUT2D eigenvalue weighted by Gasteiger charge is -2.12. The van der Waals surface area contributed by atoms with Crippen molar-refractivity contribution in [3.05, 3.63) is 59.2 Å². The summed E-state index contributed by atoms with van der Waals surface area (Å²) >= 11 is 0. The van der Waals surface area contributed by atoms with Gasteiger partial charge in [0.15, 0.2) is 18.1 Å². The summed E-state index contributed by atoms with van der Waals surface area (Å²) < 4.78 is 15.4. The van der Waals surface area contributed by atoms with Gasteiger partial charge in [-0.3, -0.25) is 4.79 Å². The molecule has 0 atom stereocenters. The number of hydrogen-bond donors (Lipinski definition) is 0. The Hall–Kier alpha value is -2.82. The van der Waals surface area contributed by atoms with Crippen LogP contribution in [0.5, 0.6) is 11.5 Å². The van der Waals surface area contributed by atoms with Gasteiger partial charge in [0.1, 0.15) is 0 Å². The Kier molecular flexibility index (Phi) is 5.36. The highest BCUT2D eigenvalue weighted by atomic mass is 16.5. The van der Waals surface area contributed by atoms with Gasteiger partial charge in [0.25, 0.3) is 0 Å². The van der Waals surface area contributed by atoms with E-state index in [0.717, 1.165) is 5.56 Å². The third kappa shape index (κ3) is 3.88. The number of hydrogen-bond acceptors (Lipinski definition) is 5. The van der Waals surface area contributed by atoms with Gasteiger partial charge in [0.05, 0.1) is 19.8 Å². The highest BCUT2D eigenvalue weighted by Gasteiger charge is 2.16. The molecule has 0 aromatic heterocycles. The van der Waals surface area contributed by atoms with E-state index in [2.05, 4.69) is 0 Å². The average Bonchev–Trinajstić information content (AvgIpc) is 2.59. The van der Waals surface area contributed by atoms with E-state index in [0.29, 0.717) is 22.6 Å². The molecule has 0 N–H and O–H groups in total. The number of carbonyl (C=O) groups excluding carboxylic acids is 2. The van der Waals surface area contributed by atoms with Gasteiger partial charge in [-0.1, -0.05) is 18.2 Å². The molecule has 0 aliphatic rings. The van der Waals surface area contributed by atoms with Crippen LogP contribution in [0, 0.1) is 6.92 Å². The van der Waals surface area contributed by atoms with E-state index < -0.39 is 5.97 Å². The lowest BCUT2D eigenvalue weighted by atomic mass is 10.0. The van der Waals surface area contributed by atoms with E-state index in [1.165, 1.54) is 14.2 Å². The highest BCUT2D eigenvalue weighted by molar-refractivity contribution is 6.01. The van der Waals surface area contributed by atoms with Crippen LogP contribution in [0.2, 0.25) is 0 Å². The maximum atomic E-state index is 12.3. The molecule has 0 radical (unpaired) electrons. The fourth-order valence-corrected chi connectivity index (χ4v) is 2.15. The van der Waals surface area contributed by atoms with Gasteiger partial charge < -0.3 is 14.2 Å². The number of rotatable bonds is 6. The van der Waals surface area contributed by atoms with Gasteiger partial charge >= 0.3 is 5.97 Å². The monoisotopic (exact) mass is 314 g/mol. The van der Waals surface area contributed by atoms with Gasteiger partial charge in [-0.05, 0) is 36.8 Å². The molecule has 0 unspecified atom stereocenters. The zero-order valence-electron chi connectivity index (χ0n) is 13.3. The third-order valence-electron chi connectivity index (χ3n) is 3.37. The fraction of sp³-hybridized carbons (Fsp3) is 0.222. The molecule has 2 aromatic carbocycles. The first-order valence-corrected chi connectivity index (χ1v) is 7.04. The zero-order valence-corrected chi connectivity index (χ0v) is 13.3. The quantitative estimate of drug-likeness (QED) is 0.606. The summed E-state index contributed by atoms with van der Waals surface area (Å²) in [5.41, 5.74) is 1.57. The molecule has 0 bridgehead atoms. The van der Waals surface area contributed by atoms with Crippen molar-refractivity contribution in [1.82, 2.24) is 0 Å². The number of aryl methyl sites for hydroxylation is 1. The van der Waals surface area contributed by atoms with Crippen LogP contribution in [-0.4, -0.2) is 32.6 Å². The first-order chi connectivity index (χ1) is 11.1. The van der Waals surface area contributed by atoms with Crippen LogP contribution in [0.25, 0.3) is 0 Å². The largest absolute Gasteiger partial charge is 0.493 e. The number of benzene rings is 2. The van der Waals surface area contributed by atoms with E-state index in [4.69, 9.17) is 14.2 Å². The summed E-state index contributed by atoms with van der Waals surface area (Å²) in [7, 11) is 3.03. The molecule has 2 aromatic rings. The lowest BCUT2D eigenvalue weighted by molar-refractivity contribution is 0.0474. The summed E-state index contributed by atoms with van der Waals surface area (Å²) in [4.78, 5) is 24.2. The summed E-state index contributed by atoms with van der Waals surface area (Å²) in [5, 5.41) is 0. The van der Waals surface area contributed by atoms with Gasteiger partial charge in [0.2, 0.25) is 5.78 Å². The first kappa shape index (κ1) is 16.5. The number of Topliss-reactive ketones (excluding diaryl/α,β-unsaturated/α-hetero) is 1. The summed E-state index contributed by atoms with van der Waals surface area (Å²) in [6, 6.07) is 11.8. The molecule has 0 aliphatic carbocycles. The minimum absolute atomic E-state index is 0.298. The normalized spacial score (nSPS) is 10.0. The SMILES string of the molecule is COc1cc(C)c(C(=O)COC(=O)c2ccccc2)cc1OC. The molecule has 5 heteroatoms. The van der Waals surface area contributed by atoms with Crippen molar-refractivity contribution in [2.75, 3.05) is 20.8 Å². The number of methoxy groups -OCH3 is 2. The zero-order chi connectivity index (χ0) is 16.8. The Balaban J connectivity index is 2.10. The van der Waals surface area contributed by atoms with Crippen LogP contribution in [-0.2, 0) is 4.74 Å². The van der Waals surface area contributed by atoms with Crippen molar-refractivity contribution in [1.29, 1.82) is 0 Å². The third-order valence-corrected chi connectivity index (χ3v) is 3.37. The van der Waals surface area contributed by atoms with Crippen molar-refractivity contribution in [2.45, 2.75) is 6.92 Å². The van der Waals surface area contributed by atoms with E-state index in [-0.39, 0.29) is 12.4 Å². The molecule has 120 valence electrons. The minimum atomic E-state index is -0.530. The molecule has 0 fully saturated rings. The van der Waals surface area contributed by atoms with Crippen LogP contribution in [0.4, 0.5) is 0 Å². The number of esters is 1. The van der Waals surface area contributed by atoms with Gasteiger partial charge in [0, 0.05) is 5.56 Å². The minimum Gasteiger partial charge on any atom is -0.493 e. The predicted octanol–water partition coefficient (Wildman–Crippen LogP) is 3.05. The molecule has 0 aliphatic heterocycles. The smallest absolute Gasteiger partial charge is 0.338 e. The topological polar surface area (TPSA) is 61.8 Å². The Bertz CT molecular complexity index is 707. The number of carbonyl (C=O) groups is 2. The van der Waals surface area contributed by atoms with E-state index in [9.17, 15) is 9.59 Å². The Morgan fingerprint density at radius 3 is 2.17 bits per heavy atom. The van der Waals surface area contributed by atoms with E-state index in [1.807, 2.05) is 0 Å². The van der Waals surface area contributed by atoms with Gasteiger partial charge in [-0.25, -0.2) is 4.79 Å². The first-order valence-electron chi connectivity index (χ1n) is 7.04. The number of ether oxygens (including phenoxy) is 3. The summed E-state index contributed by atoms with van der Waals surface area (Å²) in [5.74, 6) is 0.170. The average molecular weight is 314 g/mol. The Morgan fingerprint density at radius 2 is 1.57 bits per heavy atom. The lowest BCUT2D eigenvalue weighted by Crippen LogP contribution is -2.15. The van der Waals surface area contributed by atoms with Gasteiger partial charge in [-0.15, -0.1) is 0 Å². The van der Waals surface area contributed by atoms with Crippen LogP contribution in [0.15, 0.2) is 42.5 Å². The fourth-order valence-electron chi connectivity index (χ4n) is 2.15. The highest BCUT2D eigenvalue weighted by Crippen LogP contribution is 2.30. The molecule has 0 spiro atoms. The molecule has 0 saturated heterocycles. The van der Waals surface area contributed by atoms with Crippen LogP contribution in [0.3, 0.4) is 0 Å². The number of ketones is 1. The van der Waals surface area contributed by atoms with Crippen molar-refractivity contribution in [3.63, 3.8) is 0 Å². The van der Waals surface area contributed by atoms with Crippen molar-refractivity contribution < 1.29 is 23.8 Å². The predicted molar refractivity (Wildman–Crippen MR) is 85.3 cm³/mol. The van der Waals surface area contributed by atoms with Crippen LogP contribution >= 0.6 is 0 Å².